The third-order valence-electron chi connectivity index (χ3n) is 4.34. The molecule has 1 aliphatic rings. The number of benzene rings is 2. The summed E-state index contributed by atoms with van der Waals surface area (Å²) < 4.78 is 5.07. The van der Waals surface area contributed by atoms with E-state index in [-0.39, 0.29) is 24.7 Å². The molecule has 1 aliphatic heterocycles. The second-order valence-corrected chi connectivity index (χ2v) is 7.85. The minimum atomic E-state index is -0.424. The summed E-state index contributed by atoms with van der Waals surface area (Å²) in [5.74, 6) is -0.0729. The van der Waals surface area contributed by atoms with Crippen molar-refractivity contribution in [1.82, 2.24) is 0 Å². The van der Waals surface area contributed by atoms with Crippen LogP contribution >= 0.6 is 23.4 Å². The van der Waals surface area contributed by atoms with E-state index in [1.165, 1.54) is 11.8 Å². The fraction of sp³-hybridized carbons (Fsp3) is 0.286. The van der Waals surface area contributed by atoms with E-state index >= 15 is 0 Å². The first-order valence-electron chi connectivity index (χ1n) is 9.01. The van der Waals surface area contributed by atoms with E-state index in [1.54, 1.807) is 35.2 Å². The highest BCUT2D eigenvalue weighted by molar-refractivity contribution is 7.99. The van der Waals surface area contributed by atoms with E-state index < -0.39 is 5.97 Å². The molecule has 3 rings (SSSR count). The van der Waals surface area contributed by atoms with Crippen LogP contribution in [0.5, 0.6) is 0 Å². The minimum absolute atomic E-state index is 0.0997. The number of thioether (sulfide) groups is 1. The largest absolute Gasteiger partial charge is 0.457 e. The van der Waals surface area contributed by atoms with Gasteiger partial charge in [0.1, 0.15) is 0 Å². The Morgan fingerprint density at radius 2 is 1.86 bits per heavy atom. The number of Topliss-reactive ketones (excluding diaryl/α,β-unsaturated/α-hetero) is 1. The SMILES string of the molecule is O=C(CCSc1ccccc1Cl)OCC(=O)c1ccc(N2CCCC2=O)cc1. The van der Waals surface area contributed by atoms with Crippen molar-refractivity contribution in [2.24, 2.45) is 0 Å². The van der Waals surface area contributed by atoms with E-state index in [0.717, 1.165) is 17.0 Å². The molecule has 28 heavy (non-hydrogen) atoms. The van der Waals surface area contributed by atoms with E-state index in [9.17, 15) is 14.4 Å². The van der Waals surface area contributed by atoms with Crippen molar-refractivity contribution in [3.8, 4) is 0 Å². The Balaban J connectivity index is 1.42. The first kappa shape index (κ1) is 20.4. The second-order valence-electron chi connectivity index (χ2n) is 6.31. The summed E-state index contributed by atoms with van der Waals surface area (Å²) in [6.45, 7) is 0.410. The van der Waals surface area contributed by atoms with Gasteiger partial charge in [-0.25, -0.2) is 0 Å². The number of carbonyl (C=O) groups is 3. The molecule has 0 aromatic heterocycles. The highest BCUT2D eigenvalue weighted by Gasteiger charge is 2.21. The van der Waals surface area contributed by atoms with Gasteiger partial charge in [-0.15, -0.1) is 11.8 Å². The number of esters is 1. The van der Waals surface area contributed by atoms with E-state index in [4.69, 9.17) is 16.3 Å². The number of hydrogen-bond acceptors (Lipinski definition) is 5. The zero-order valence-corrected chi connectivity index (χ0v) is 16.8. The zero-order chi connectivity index (χ0) is 19.9. The van der Waals surface area contributed by atoms with E-state index in [2.05, 4.69) is 0 Å². The van der Waals surface area contributed by atoms with Crippen LogP contribution in [0.1, 0.15) is 29.6 Å². The van der Waals surface area contributed by atoms with Crippen LogP contribution in [0, 0.1) is 0 Å². The van der Waals surface area contributed by atoms with Gasteiger partial charge in [0.05, 0.1) is 11.4 Å². The molecule has 2 aromatic carbocycles. The van der Waals surface area contributed by atoms with Gasteiger partial charge in [0.15, 0.2) is 12.4 Å². The molecule has 0 aliphatic carbocycles. The molecule has 1 heterocycles. The zero-order valence-electron chi connectivity index (χ0n) is 15.2. The van der Waals surface area contributed by atoms with Crippen molar-refractivity contribution in [2.75, 3.05) is 23.8 Å². The molecule has 7 heteroatoms. The van der Waals surface area contributed by atoms with Gasteiger partial charge >= 0.3 is 5.97 Å². The molecular formula is C21H20ClNO4S. The third kappa shape index (κ3) is 5.36. The molecule has 1 saturated heterocycles. The molecule has 0 atom stereocenters. The molecule has 0 radical (unpaired) electrons. The normalized spacial score (nSPS) is 13.6. The highest BCUT2D eigenvalue weighted by atomic mass is 35.5. The summed E-state index contributed by atoms with van der Waals surface area (Å²) in [6, 6.07) is 14.2. The summed E-state index contributed by atoms with van der Waals surface area (Å²) >= 11 is 7.54. The van der Waals surface area contributed by atoms with Gasteiger partial charge in [-0.3, -0.25) is 14.4 Å². The lowest BCUT2D eigenvalue weighted by Gasteiger charge is -2.15. The average molecular weight is 418 g/mol. The molecule has 5 nitrogen and oxygen atoms in total. The number of rotatable bonds is 8. The molecule has 1 amide bonds. The standard InChI is InChI=1S/C21H20ClNO4S/c22-17-4-1-2-5-19(17)28-13-11-21(26)27-14-18(24)15-7-9-16(10-8-15)23-12-3-6-20(23)25/h1-2,4-5,7-10H,3,6,11-14H2. The molecular weight excluding hydrogens is 398 g/mol. The maximum atomic E-state index is 12.2. The number of nitrogens with zero attached hydrogens (tertiary/aromatic N) is 1. The number of halogens is 1. The van der Waals surface area contributed by atoms with Crippen molar-refractivity contribution in [3.05, 3.63) is 59.1 Å². The van der Waals surface area contributed by atoms with Crippen molar-refractivity contribution in [2.45, 2.75) is 24.2 Å². The van der Waals surface area contributed by atoms with Crippen LogP contribution in [0.2, 0.25) is 5.02 Å². The molecule has 0 spiro atoms. The van der Waals surface area contributed by atoms with E-state index in [1.807, 2.05) is 18.2 Å². The summed E-state index contributed by atoms with van der Waals surface area (Å²) in [4.78, 5) is 38.4. The lowest BCUT2D eigenvalue weighted by Crippen LogP contribution is -2.23. The van der Waals surface area contributed by atoms with Gasteiger partial charge in [0.2, 0.25) is 5.91 Å². The maximum absolute atomic E-state index is 12.2. The lowest BCUT2D eigenvalue weighted by molar-refractivity contribution is -0.142. The summed E-state index contributed by atoms with van der Waals surface area (Å²) in [5, 5.41) is 0.648. The Morgan fingerprint density at radius 1 is 1.11 bits per heavy atom. The maximum Gasteiger partial charge on any atom is 0.307 e. The summed E-state index contributed by atoms with van der Waals surface area (Å²) in [5.41, 5.74) is 1.24. The second kappa shape index (κ2) is 9.75. The fourth-order valence-corrected chi connectivity index (χ4v) is 4.02. The first-order chi connectivity index (χ1) is 13.5. The Bertz CT molecular complexity index is 869. The predicted molar refractivity (Wildman–Crippen MR) is 110 cm³/mol. The number of hydrogen-bond donors (Lipinski definition) is 0. The van der Waals surface area contributed by atoms with Crippen LogP contribution in [0.25, 0.3) is 0 Å². The molecule has 0 saturated carbocycles. The Hall–Kier alpha value is -2.31. The van der Waals surface area contributed by atoms with Crippen LogP contribution in [0.3, 0.4) is 0 Å². The van der Waals surface area contributed by atoms with Crippen molar-refractivity contribution >= 4 is 46.7 Å². The van der Waals surface area contributed by atoms with Crippen molar-refractivity contribution < 1.29 is 19.1 Å². The monoisotopic (exact) mass is 417 g/mol. The Kier molecular flexibility index (Phi) is 7.12. The number of anilines is 1. The third-order valence-corrected chi connectivity index (χ3v) is 5.86. The number of amides is 1. The quantitative estimate of drug-likeness (QED) is 0.362. The van der Waals surface area contributed by atoms with Gasteiger partial charge in [0.25, 0.3) is 0 Å². The molecule has 1 fully saturated rings. The van der Waals surface area contributed by atoms with Gasteiger partial charge in [0, 0.05) is 34.9 Å². The lowest BCUT2D eigenvalue weighted by atomic mass is 10.1. The number of ether oxygens (including phenoxy) is 1. The van der Waals surface area contributed by atoms with Crippen LogP contribution in [0.15, 0.2) is 53.4 Å². The summed E-state index contributed by atoms with van der Waals surface area (Å²) in [7, 11) is 0. The topological polar surface area (TPSA) is 63.7 Å². The Labute approximate surface area is 173 Å². The molecule has 2 aromatic rings. The average Bonchev–Trinajstić information content (AvgIpc) is 3.13. The minimum Gasteiger partial charge on any atom is -0.457 e. The van der Waals surface area contributed by atoms with Gasteiger partial charge in [-0.05, 0) is 42.8 Å². The van der Waals surface area contributed by atoms with Crippen LogP contribution in [0.4, 0.5) is 5.69 Å². The molecule has 0 bridgehead atoms. The van der Waals surface area contributed by atoms with Gasteiger partial charge in [-0.1, -0.05) is 23.7 Å². The van der Waals surface area contributed by atoms with E-state index in [0.29, 0.717) is 29.3 Å². The number of ketones is 1. The molecule has 0 unspecified atom stereocenters. The van der Waals surface area contributed by atoms with Crippen LogP contribution < -0.4 is 4.90 Å². The summed E-state index contributed by atoms with van der Waals surface area (Å²) in [6.07, 6.45) is 1.61. The van der Waals surface area contributed by atoms with Gasteiger partial charge < -0.3 is 9.64 Å². The van der Waals surface area contributed by atoms with Gasteiger partial charge in [-0.2, -0.15) is 0 Å². The molecule has 0 N–H and O–H groups in total. The smallest absolute Gasteiger partial charge is 0.307 e. The van der Waals surface area contributed by atoms with Crippen molar-refractivity contribution in [3.63, 3.8) is 0 Å². The van der Waals surface area contributed by atoms with Crippen LogP contribution in [-0.4, -0.2) is 36.6 Å². The molecule has 146 valence electrons. The number of carbonyl (C=O) groups excluding carboxylic acids is 3. The fourth-order valence-electron chi connectivity index (χ4n) is 2.86. The first-order valence-corrected chi connectivity index (χ1v) is 10.4. The Morgan fingerprint density at radius 3 is 2.54 bits per heavy atom. The highest BCUT2D eigenvalue weighted by Crippen LogP contribution is 2.27. The van der Waals surface area contributed by atoms with Crippen molar-refractivity contribution in [1.29, 1.82) is 0 Å². The van der Waals surface area contributed by atoms with Crippen LogP contribution in [-0.2, 0) is 14.3 Å². The predicted octanol–water partition coefficient (Wildman–Crippen LogP) is 4.38.